The molecule has 0 radical (unpaired) electrons. The second-order valence-corrected chi connectivity index (χ2v) is 4.06. The second-order valence-electron chi connectivity index (χ2n) is 4.06. The van der Waals surface area contributed by atoms with Gasteiger partial charge in [-0.2, -0.15) is 0 Å². The van der Waals surface area contributed by atoms with Gasteiger partial charge in [0.25, 0.3) is 0 Å². The largest absolute Gasteiger partial charge is 0.466 e. The zero-order valence-corrected chi connectivity index (χ0v) is 9.50. The van der Waals surface area contributed by atoms with Crippen LogP contribution in [-0.4, -0.2) is 31.2 Å². The average molecular weight is 214 g/mol. The van der Waals surface area contributed by atoms with Crippen molar-refractivity contribution in [2.24, 2.45) is 5.73 Å². The van der Waals surface area contributed by atoms with E-state index in [9.17, 15) is 4.79 Å². The highest BCUT2D eigenvalue weighted by atomic mass is 16.5. The lowest BCUT2D eigenvalue weighted by Gasteiger charge is -2.29. The Hall–Kier alpha value is -0.610. The molecular weight excluding hydrogens is 192 g/mol. The van der Waals surface area contributed by atoms with E-state index < -0.39 is 0 Å². The number of esters is 1. The van der Waals surface area contributed by atoms with Gasteiger partial charge in [0.2, 0.25) is 0 Å². The summed E-state index contributed by atoms with van der Waals surface area (Å²) >= 11 is 0. The highest BCUT2D eigenvalue weighted by molar-refractivity contribution is 5.69. The average Bonchev–Trinajstić information content (AvgIpc) is 2.21. The van der Waals surface area contributed by atoms with Gasteiger partial charge in [-0.25, -0.2) is 0 Å². The summed E-state index contributed by atoms with van der Waals surface area (Å²) in [5.74, 6) is -0.130. The lowest BCUT2D eigenvalue weighted by molar-refractivity contribution is -0.143. The number of rotatable bonds is 5. The molecule has 1 aliphatic carbocycles. The molecule has 3 N–H and O–H groups in total. The van der Waals surface area contributed by atoms with Crippen LogP contribution < -0.4 is 11.1 Å². The predicted octanol–water partition coefficient (Wildman–Crippen LogP) is 0.799. The highest BCUT2D eigenvalue weighted by Crippen LogP contribution is 2.16. The third-order valence-electron chi connectivity index (χ3n) is 2.86. The van der Waals surface area contributed by atoms with Gasteiger partial charge in [-0.3, -0.25) is 4.79 Å². The fraction of sp³-hybridized carbons (Fsp3) is 0.909. The first kappa shape index (κ1) is 12.5. The van der Waals surface area contributed by atoms with E-state index in [0.717, 1.165) is 12.8 Å². The van der Waals surface area contributed by atoms with E-state index in [2.05, 4.69) is 5.32 Å². The lowest BCUT2D eigenvalue weighted by atomic mass is 9.91. The SMILES string of the molecule is CCOC(=O)CCN[C@@H]1CCCC[C@H]1N. The summed E-state index contributed by atoms with van der Waals surface area (Å²) < 4.78 is 4.85. The lowest BCUT2D eigenvalue weighted by Crippen LogP contribution is -2.47. The minimum atomic E-state index is -0.130. The molecule has 0 spiro atoms. The predicted molar refractivity (Wildman–Crippen MR) is 59.5 cm³/mol. The molecule has 88 valence electrons. The standard InChI is InChI=1S/C11H22N2O2/c1-2-15-11(14)7-8-13-10-6-4-3-5-9(10)12/h9-10,13H,2-8,12H2,1H3/t9-,10-/m1/s1. The van der Waals surface area contributed by atoms with Crippen LogP contribution in [0.1, 0.15) is 39.0 Å². The third kappa shape index (κ3) is 4.62. The highest BCUT2D eigenvalue weighted by Gasteiger charge is 2.20. The summed E-state index contributed by atoms with van der Waals surface area (Å²) in [5, 5.41) is 3.33. The van der Waals surface area contributed by atoms with Gasteiger partial charge in [0.1, 0.15) is 0 Å². The molecule has 1 rings (SSSR count). The summed E-state index contributed by atoms with van der Waals surface area (Å²) in [6.45, 7) is 2.96. The van der Waals surface area contributed by atoms with E-state index in [1.165, 1.54) is 12.8 Å². The maximum Gasteiger partial charge on any atom is 0.307 e. The number of hydrogen-bond donors (Lipinski definition) is 2. The van der Waals surface area contributed by atoms with Crippen molar-refractivity contribution >= 4 is 5.97 Å². The maximum absolute atomic E-state index is 11.1. The van der Waals surface area contributed by atoms with Gasteiger partial charge in [-0.05, 0) is 19.8 Å². The molecule has 4 nitrogen and oxygen atoms in total. The van der Waals surface area contributed by atoms with Gasteiger partial charge >= 0.3 is 5.97 Å². The van der Waals surface area contributed by atoms with Crippen molar-refractivity contribution in [3.8, 4) is 0 Å². The number of nitrogens with two attached hydrogens (primary N) is 1. The molecule has 0 amide bonds. The molecule has 0 aromatic carbocycles. The molecule has 1 saturated carbocycles. The molecule has 0 saturated heterocycles. The van der Waals surface area contributed by atoms with Crippen molar-refractivity contribution in [1.82, 2.24) is 5.32 Å². The number of carbonyl (C=O) groups excluding carboxylic acids is 1. The second kappa shape index (κ2) is 6.80. The van der Waals surface area contributed by atoms with Gasteiger partial charge in [-0.15, -0.1) is 0 Å². The maximum atomic E-state index is 11.1. The summed E-state index contributed by atoms with van der Waals surface area (Å²) in [6, 6.07) is 0.633. The fourth-order valence-corrected chi connectivity index (χ4v) is 2.01. The van der Waals surface area contributed by atoms with Crippen LogP contribution in [0.25, 0.3) is 0 Å². The van der Waals surface area contributed by atoms with Crippen LogP contribution in [0.15, 0.2) is 0 Å². The van der Waals surface area contributed by atoms with Crippen molar-refractivity contribution in [2.75, 3.05) is 13.2 Å². The molecule has 1 aliphatic rings. The van der Waals surface area contributed by atoms with Gasteiger partial charge < -0.3 is 15.8 Å². The molecule has 0 aromatic rings. The molecule has 4 heteroatoms. The number of ether oxygens (including phenoxy) is 1. The molecule has 0 unspecified atom stereocenters. The monoisotopic (exact) mass is 214 g/mol. The Kier molecular flexibility index (Phi) is 5.65. The number of nitrogens with one attached hydrogen (secondary N) is 1. The van der Waals surface area contributed by atoms with Crippen molar-refractivity contribution in [3.63, 3.8) is 0 Å². The molecular formula is C11H22N2O2. The van der Waals surface area contributed by atoms with Crippen molar-refractivity contribution in [2.45, 2.75) is 51.1 Å². The smallest absolute Gasteiger partial charge is 0.307 e. The normalized spacial score (nSPS) is 26.3. The van der Waals surface area contributed by atoms with Crippen LogP contribution in [0.4, 0.5) is 0 Å². The Balaban J connectivity index is 2.10. The topological polar surface area (TPSA) is 64.3 Å². The molecule has 15 heavy (non-hydrogen) atoms. The number of carbonyl (C=O) groups is 1. The van der Waals surface area contributed by atoms with E-state index >= 15 is 0 Å². The van der Waals surface area contributed by atoms with E-state index in [1.807, 2.05) is 6.92 Å². The fourth-order valence-electron chi connectivity index (χ4n) is 2.01. The minimum Gasteiger partial charge on any atom is -0.466 e. The Morgan fingerprint density at radius 1 is 1.47 bits per heavy atom. The molecule has 2 atom stereocenters. The Morgan fingerprint density at radius 2 is 2.20 bits per heavy atom. The van der Waals surface area contributed by atoms with Crippen LogP contribution in [0, 0.1) is 0 Å². The van der Waals surface area contributed by atoms with Gasteiger partial charge in [0.05, 0.1) is 13.0 Å². The van der Waals surface area contributed by atoms with Crippen LogP contribution in [0.2, 0.25) is 0 Å². The first-order valence-electron chi connectivity index (χ1n) is 5.88. The Labute approximate surface area is 91.5 Å². The van der Waals surface area contributed by atoms with Crippen molar-refractivity contribution in [3.05, 3.63) is 0 Å². The van der Waals surface area contributed by atoms with E-state index in [0.29, 0.717) is 25.6 Å². The zero-order chi connectivity index (χ0) is 11.1. The Bertz CT molecular complexity index is 197. The summed E-state index contributed by atoms with van der Waals surface area (Å²) in [5.41, 5.74) is 5.98. The van der Waals surface area contributed by atoms with Gasteiger partial charge in [0, 0.05) is 18.6 Å². The molecule has 0 aromatic heterocycles. The molecule has 0 heterocycles. The van der Waals surface area contributed by atoms with Crippen molar-refractivity contribution < 1.29 is 9.53 Å². The number of hydrogen-bond acceptors (Lipinski definition) is 4. The van der Waals surface area contributed by atoms with E-state index in [1.54, 1.807) is 0 Å². The van der Waals surface area contributed by atoms with E-state index in [4.69, 9.17) is 10.5 Å². The van der Waals surface area contributed by atoms with E-state index in [-0.39, 0.29) is 12.0 Å². The van der Waals surface area contributed by atoms with Crippen LogP contribution >= 0.6 is 0 Å². The van der Waals surface area contributed by atoms with Crippen LogP contribution in [0.5, 0.6) is 0 Å². The third-order valence-corrected chi connectivity index (χ3v) is 2.86. The van der Waals surface area contributed by atoms with Crippen molar-refractivity contribution in [1.29, 1.82) is 0 Å². The minimum absolute atomic E-state index is 0.130. The van der Waals surface area contributed by atoms with Crippen LogP contribution in [0.3, 0.4) is 0 Å². The first-order chi connectivity index (χ1) is 7.24. The summed E-state index contributed by atoms with van der Waals surface area (Å²) in [4.78, 5) is 11.1. The van der Waals surface area contributed by atoms with Gasteiger partial charge in [-0.1, -0.05) is 12.8 Å². The zero-order valence-electron chi connectivity index (χ0n) is 9.50. The molecule has 0 bridgehead atoms. The molecule has 0 aliphatic heterocycles. The molecule has 1 fully saturated rings. The first-order valence-corrected chi connectivity index (χ1v) is 5.88. The quantitative estimate of drug-likeness (QED) is 0.664. The van der Waals surface area contributed by atoms with Gasteiger partial charge in [0.15, 0.2) is 0 Å². The summed E-state index contributed by atoms with van der Waals surface area (Å²) in [6.07, 6.45) is 5.14. The Morgan fingerprint density at radius 3 is 2.87 bits per heavy atom. The van der Waals surface area contributed by atoms with Crippen LogP contribution in [-0.2, 0) is 9.53 Å². The summed E-state index contributed by atoms with van der Waals surface area (Å²) in [7, 11) is 0.